The number of anilines is 1. The van der Waals surface area contributed by atoms with Crippen LogP contribution in [0.4, 0.5) is 11.4 Å². The largest absolute Gasteiger partial charge is 0.748 e. The number of rotatable bonds is 21. The van der Waals surface area contributed by atoms with Gasteiger partial charge in [0.05, 0.1) is 25.3 Å². The molecule has 0 bridgehead atoms. The Labute approximate surface area is 369 Å². The smallest absolute Gasteiger partial charge is 0.303 e. The highest BCUT2D eigenvalue weighted by molar-refractivity contribution is 7.86. The van der Waals surface area contributed by atoms with Gasteiger partial charge in [0.1, 0.15) is 26.8 Å². The fourth-order valence-corrected chi connectivity index (χ4v) is 10.6. The Balaban J connectivity index is 1.59. The van der Waals surface area contributed by atoms with Crippen LogP contribution in [0.5, 0.6) is 0 Å². The fourth-order valence-electron chi connectivity index (χ4n) is 8.76. The molecule has 15 nitrogen and oxygen atoms in total. The lowest BCUT2D eigenvalue weighted by molar-refractivity contribution is -0.441. The summed E-state index contributed by atoms with van der Waals surface area (Å²) in [6, 6.07) is 8.45. The summed E-state index contributed by atoms with van der Waals surface area (Å²) in [5.74, 6) is -1.51. The Bertz CT molecular complexity index is 2550. The van der Waals surface area contributed by atoms with Crippen LogP contribution < -0.4 is 4.90 Å². The lowest BCUT2D eigenvalue weighted by Crippen LogP contribution is -2.32. The molecule has 1 aliphatic carbocycles. The minimum atomic E-state index is -4.84. The van der Waals surface area contributed by atoms with E-state index >= 15 is 0 Å². The summed E-state index contributed by atoms with van der Waals surface area (Å²) in [5.41, 5.74) is 3.77. The maximum Gasteiger partial charge on any atom is 0.303 e. The quantitative estimate of drug-likeness (QED) is 0.0819. The molecule has 19 heteroatoms. The molecule has 340 valence electrons. The van der Waals surface area contributed by atoms with E-state index in [2.05, 4.69) is 4.90 Å². The third-order valence-corrected chi connectivity index (χ3v) is 14.9. The molecule has 2 heterocycles. The normalized spacial score (nSPS) is 22.1. The highest BCUT2D eigenvalue weighted by Crippen LogP contribution is 2.51. The summed E-state index contributed by atoms with van der Waals surface area (Å²) in [5, 5.41) is 9.66. The van der Waals surface area contributed by atoms with E-state index in [1.807, 2.05) is 42.7 Å². The molecule has 0 amide bonds. The van der Waals surface area contributed by atoms with Crippen molar-refractivity contribution in [3.8, 4) is 0 Å². The first-order chi connectivity index (χ1) is 29.0. The van der Waals surface area contributed by atoms with Crippen LogP contribution in [0.15, 0.2) is 92.4 Å². The molecule has 2 aliphatic heterocycles. The van der Waals surface area contributed by atoms with E-state index in [1.54, 1.807) is 19.2 Å². The monoisotopic (exact) mass is 936 g/mol. The number of hydrogen-bond donors (Lipinski definition) is 1. The number of halogens is 1. The van der Waals surface area contributed by atoms with Gasteiger partial charge in [-0.2, -0.15) is 4.58 Å². The molecule has 3 aliphatic rings. The summed E-state index contributed by atoms with van der Waals surface area (Å²) < 4.78 is 121. The summed E-state index contributed by atoms with van der Waals surface area (Å²) in [4.78, 5) is 12.5. The van der Waals surface area contributed by atoms with E-state index in [0.717, 1.165) is 29.0 Å². The summed E-state index contributed by atoms with van der Waals surface area (Å²) in [7, 11) is -11.1. The van der Waals surface area contributed by atoms with Crippen molar-refractivity contribution in [2.45, 2.75) is 98.7 Å². The Morgan fingerprint density at radius 2 is 1.50 bits per heavy atom. The summed E-state index contributed by atoms with van der Waals surface area (Å²) in [6.45, 7) is 5.21. The Morgan fingerprint density at radius 1 is 0.839 bits per heavy atom. The first kappa shape index (κ1) is 49.3. The number of carbonyl (C=O) groups is 1. The van der Waals surface area contributed by atoms with Gasteiger partial charge in [0.25, 0.3) is 0 Å². The van der Waals surface area contributed by atoms with Gasteiger partial charge >= 0.3 is 5.97 Å². The van der Waals surface area contributed by atoms with Gasteiger partial charge in [-0.15, -0.1) is 0 Å². The SMILES string of the molecule is COCC[N+]1=C(/C=C/C2=C(Cl)C(=C/C=C3/N(CCCCCC(=O)O)c4ccc(S(=O)(=O)[O-])cc4C3(C)CCOC)/CCC2)C(C)(CCCS(=O)(=O)[O-])c2cc(S(=O)(=O)[O-])ccc21. The van der Waals surface area contributed by atoms with Gasteiger partial charge in [0, 0.05) is 79.1 Å². The van der Waals surface area contributed by atoms with E-state index in [9.17, 15) is 43.7 Å². The van der Waals surface area contributed by atoms with Gasteiger partial charge < -0.3 is 33.1 Å². The van der Waals surface area contributed by atoms with Crippen molar-refractivity contribution < 1.29 is 62.9 Å². The van der Waals surface area contributed by atoms with Crippen molar-refractivity contribution >= 4 is 65.0 Å². The molecule has 2 unspecified atom stereocenters. The van der Waals surface area contributed by atoms with Crippen LogP contribution in [0, 0.1) is 0 Å². The summed E-state index contributed by atoms with van der Waals surface area (Å²) >= 11 is 7.20. The average molecular weight is 938 g/mol. The second-order valence-corrected chi connectivity index (χ2v) is 20.9. The van der Waals surface area contributed by atoms with Crippen LogP contribution in [0.25, 0.3) is 0 Å². The highest BCUT2D eigenvalue weighted by atomic mass is 35.5. The van der Waals surface area contributed by atoms with Crippen molar-refractivity contribution in [3.05, 3.63) is 93.7 Å². The molecule has 0 saturated heterocycles. The van der Waals surface area contributed by atoms with Crippen LogP contribution in [0.1, 0.15) is 89.2 Å². The number of unbranched alkanes of at least 4 members (excludes halogenated alkanes) is 2. The number of benzene rings is 2. The van der Waals surface area contributed by atoms with Gasteiger partial charge in [-0.3, -0.25) is 4.79 Å². The molecule has 62 heavy (non-hydrogen) atoms. The number of ether oxygens (including phenoxy) is 2. The first-order valence-corrected chi connectivity index (χ1v) is 25.1. The molecule has 0 fully saturated rings. The van der Waals surface area contributed by atoms with Crippen LogP contribution >= 0.6 is 11.6 Å². The molecular formula is C43H53ClN2O13S3-2. The van der Waals surface area contributed by atoms with Gasteiger partial charge in [-0.05, 0) is 118 Å². The molecule has 1 N–H and O–H groups in total. The molecule has 0 spiro atoms. The highest BCUT2D eigenvalue weighted by Gasteiger charge is 2.48. The zero-order valence-corrected chi connectivity index (χ0v) is 38.4. The van der Waals surface area contributed by atoms with E-state index in [-0.39, 0.29) is 30.8 Å². The number of methoxy groups -OCH3 is 2. The number of aliphatic carboxylic acids is 1. The summed E-state index contributed by atoms with van der Waals surface area (Å²) in [6.07, 6.45) is 12.0. The van der Waals surface area contributed by atoms with Gasteiger partial charge in [-0.25, -0.2) is 25.3 Å². The molecule has 2 aromatic carbocycles. The maximum atomic E-state index is 12.2. The zero-order chi connectivity index (χ0) is 45.7. The molecule has 0 aromatic heterocycles. The molecule has 2 atom stereocenters. The van der Waals surface area contributed by atoms with Crippen molar-refractivity contribution in [1.29, 1.82) is 0 Å². The number of carboxylic acids is 1. The van der Waals surface area contributed by atoms with Crippen molar-refractivity contribution in [2.24, 2.45) is 0 Å². The van der Waals surface area contributed by atoms with Crippen LogP contribution in [-0.4, -0.2) is 107 Å². The predicted molar refractivity (Wildman–Crippen MR) is 231 cm³/mol. The van der Waals surface area contributed by atoms with Gasteiger partial charge in [0.2, 0.25) is 5.69 Å². The van der Waals surface area contributed by atoms with Gasteiger partial charge in [0.15, 0.2) is 12.3 Å². The van der Waals surface area contributed by atoms with E-state index in [1.165, 1.54) is 31.4 Å². The third kappa shape index (κ3) is 11.3. The first-order valence-electron chi connectivity index (χ1n) is 20.3. The van der Waals surface area contributed by atoms with Crippen molar-refractivity contribution in [1.82, 2.24) is 0 Å². The number of carboxylic acid groups (broad SMARTS) is 1. The second-order valence-electron chi connectivity index (χ2n) is 16.2. The predicted octanol–water partition coefficient (Wildman–Crippen LogP) is 6.33. The molecular weight excluding hydrogens is 884 g/mol. The lowest BCUT2D eigenvalue weighted by Gasteiger charge is -2.30. The fraction of sp³-hybridized carbons (Fsp3) is 0.488. The molecule has 2 aromatic rings. The van der Waals surface area contributed by atoms with Crippen molar-refractivity contribution in [2.75, 3.05) is 51.2 Å². The van der Waals surface area contributed by atoms with Crippen molar-refractivity contribution in [3.63, 3.8) is 0 Å². The number of fused-ring (bicyclic) bond motifs is 2. The van der Waals surface area contributed by atoms with E-state index in [0.29, 0.717) is 85.8 Å². The van der Waals surface area contributed by atoms with Gasteiger partial charge in [-0.1, -0.05) is 30.2 Å². The van der Waals surface area contributed by atoms with Crippen LogP contribution in [0.2, 0.25) is 0 Å². The third-order valence-electron chi connectivity index (χ3n) is 12.0. The second kappa shape index (κ2) is 20.0. The molecule has 0 saturated carbocycles. The Hall–Kier alpha value is -3.72. The number of nitrogens with zero attached hydrogens (tertiary/aromatic N) is 2. The van der Waals surface area contributed by atoms with Crippen LogP contribution in [0.3, 0.4) is 0 Å². The number of allylic oxidation sites excluding steroid dienone is 8. The molecule has 0 radical (unpaired) electrons. The molecule has 5 rings (SSSR count). The minimum absolute atomic E-state index is 0.0306. The topological polar surface area (TPSA) is 234 Å². The van der Waals surface area contributed by atoms with E-state index in [4.69, 9.17) is 26.2 Å². The standard InChI is InChI=1S/C43H55ClN2O13S3/c1-42(21-9-27-60(49,50)51)34-28-32(61(52,53)54)16-18-37(34)46(24-26-59-4)38(42)19-13-30-10-8-11-31(41(30)44)14-20-39-43(2,22-25-58-3)35-29-33(62(55,56)57)15-17-36(35)45(39)23-7-5-6-12-40(47)48/h13-20,28-29H,5-12,21-27H2,1-4H3,(H3-,47,48,49,50,51,52,53,54,55,56,57)/p-2. The average Bonchev–Trinajstić information content (AvgIpc) is 3.56. The Morgan fingerprint density at radius 3 is 2.13 bits per heavy atom. The minimum Gasteiger partial charge on any atom is -0.748 e. The van der Waals surface area contributed by atoms with E-state index < -0.39 is 57.8 Å². The maximum absolute atomic E-state index is 12.2. The Kier molecular flexibility index (Phi) is 15.9. The van der Waals surface area contributed by atoms with Crippen LogP contribution in [-0.2, 0) is 55.5 Å². The lowest BCUT2D eigenvalue weighted by atomic mass is 9.75. The number of hydrogen-bond acceptors (Lipinski definition) is 13. The zero-order valence-electron chi connectivity index (χ0n) is 35.2.